The van der Waals surface area contributed by atoms with Crippen LogP contribution in [0.4, 0.5) is 0 Å². The molecule has 0 spiro atoms. The molecule has 1 atom stereocenters. The predicted molar refractivity (Wildman–Crippen MR) is 504 cm³/mol. The Balaban J connectivity index is 0.000000171. The van der Waals surface area contributed by atoms with Crippen LogP contribution in [-0.4, -0.2) is 11.6 Å². The van der Waals surface area contributed by atoms with Gasteiger partial charge in [-0.05, 0) is 113 Å². The summed E-state index contributed by atoms with van der Waals surface area (Å²) in [6, 6.07) is 122. The zero-order valence-electron chi connectivity index (χ0n) is 63.6. The largest absolute Gasteiger partial charge is 0.484 e. The Bertz CT molecular complexity index is 6470. The molecule has 3 aliphatic heterocycles. The molecule has 122 heavy (non-hydrogen) atoms. The van der Waals surface area contributed by atoms with Crippen molar-refractivity contribution in [2.45, 2.75) is 49.7 Å². The van der Waals surface area contributed by atoms with Gasteiger partial charge in [-0.3, -0.25) is 24.0 Å². The lowest BCUT2D eigenvalue weighted by Gasteiger charge is -2.25. The van der Waals surface area contributed by atoms with E-state index in [2.05, 4.69) is 61.7 Å². The molecule has 18 aromatic rings. The standard InChI is InChI=1S/C15H12O2.2C15H10O2.C13H10O.C12H8O2.C10H8O.C10H8.C9H6O2.C6H6.5CH4/c2*16-13-10-15(11-6-2-1-3-7-11)17-14-9-5-4-8-12(13)14;16-15-12-8-4-5-9-14(12)17-10-13(15)11-6-2-1-3-7-11;14-13(11-7-3-1-4-8-11)12-9-5-2-6-10-12;1-8-2-3-9-6-10-4-5-13-11(10)7-12(9)14-8;1-8-6-7-9-4-2-3-5-10(9)11-8;1-2-6-10-8-4-3-7-9(10)5-1;10-8-5-6-11-9-4-2-1-3-7(8)9;1-2-4-6-5-3-1;;;;;/h1-9,15H,10H2;2*1-10H;1-10H;2-7H,1H2;2-7H,1H2;1-8H;1-6H;1-6H;5*1H4. The molecule has 12 heteroatoms. The van der Waals surface area contributed by atoms with Crippen LogP contribution in [0.5, 0.6) is 17.2 Å². The summed E-state index contributed by atoms with van der Waals surface area (Å²) >= 11 is 0. The van der Waals surface area contributed by atoms with Crippen molar-refractivity contribution in [1.82, 2.24) is 0 Å². The number of fused-ring (bicyclic) bond motifs is 8. The van der Waals surface area contributed by atoms with Crippen LogP contribution in [0.25, 0.3) is 89.3 Å². The molecule has 4 aromatic heterocycles. The fraction of sp³-hybridized carbons (Fsp3) is 0.0636. The number of carbonyl (C=O) groups excluding carboxylic acids is 2. The highest BCUT2D eigenvalue weighted by molar-refractivity contribution is 6.09. The average molecular weight is 1610 g/mol. The lowest BCUT2D eigenvalue weighted by atomic mass is 9.96. The minimum absolute atomic E-state index is 0. The summed E-state index contributed by atoms with van der Waals surface area (Å²) in [4.78, 5) is 59.1. The van der Waals surface area contributed by atoms with Gasteiger partial charge < -0.3 is 31.9 Å². The molecule has 0 N–H and O–H groups in total. The number of hydrogen-bond donors (Lipinski definition) is 0. The third-order valence-corrected chi connectivity index (χ3v) is 18.3. The Kier molecular flexibility index (Phi) is 35.2. The van der Waals surface area contributed by atoms with E-state index in [-0.39, 0.29) is 71.1 Å². The monoisotopic (exact) mass is 1610 g/mol. The molecule has 0 fully saturated rings. The minimum atomic E-state index is -0.154. The second kappa shape index (κ2) is 46.8. The van der Waals surface area contributed by atoms with Gasteiger partial charge in [0.2, 0.25) is 0 Å². The van der Waals surface area contributed by atoms with Gasteiger partial charge >= 0.3 is 0 Å². The van der Waals surface area contributed by atoms with E-state index in [0.29, 0.717) is 73.5 Å². The Morgan fingerprint density at radius 2 is 0.746 bits per heavy atom. The van der Waals surface area contributed by atoms with E-state index in [9.17, 15) is 24.0 Å². The van der Waals surface area contributed by atoms with Crippen molar-refractivity contribution in [3.63, 3.8) is 0 Å². The first kappa shape index (κ1) is 91.7. The molecule has 0 bridgehead atoms. The predicted octanol–water partition coefficient (Wildman–Crippen LogP) is 28.7. The van der Waals surface area contributed by atoms with Gasteiger partial charge in [-0.25, -0.2) is 0 Å². The highest BCUT2D eigenvalue weighted by Gasteiger charge is 2.27. The number of Topliss-reactive ketones (excluding diaryl/α,β-unsaturated/α-hetero) is 1. The fourth-order valence-electron chi connectivity index (χ4n) is 12.4. The van der Waals surface area contributed by atoms with E-state index in [1.165, 1.54) is 35.4 Å². The lowest BCUT2D eigenvalue weighted by Crippen LogP contribution is -2.20. The molecule has 21 rings (SSSR count). The van der Waals surface area contributed by atoms with Gasteiger partial charge in [0.1, 0.15) is 69.2 Å². The smallest absolute Gasteiger partial charge is 0.200 e. The van der Waals surface area contributed by atoms with Crippen LogP contribution in [0.15, 0.2) is 476 Å². The molecule has 0 saturated carbocycles. The van der Waals surface area contributed by atoms with E-state index in [0.717, 1.165) is 61.4 Å². The molecule has 12 nitrogen and oxygen atoms in total. The van der Waals surface area contributed by atoms with E-state index in [1.807, 2.05) is 322 Å². The van der Waals surface area contributed by atoms with Crippen LogP contribution < -0.4 is 30.5 Å². The maximum atomic E-state index is 12.3. The summed E-state index contributed by atoms with van der Waals surface area (Å²) in [5.74, 6) is 4.57. The molecule has 7 heterocycles. The number of rotatable bonds is 5. The van der Waals surface area contributed by atoms with E-state index < -0.39 is 0 Å². The maximum Gasteiger partial charge on any atom is 0.200 e. The number of allylic oxidation sites excluding steroid dienone is 2. The molecule has 0 amide bonds. The minimum Gasteiger partial charge on any atom is -0.484 e. The fourth-order valence-corrected chi connectivity index (χ4v) is 12.4. The van der Waals surface area contributed by atoms with E-state index in [1.54, 1.807) is 36.6 Å². The van der Waals surface area contributed by atoms with Gasteiger partial charge in [-0.15, -0.1) is 0 Å². The average Bonchev–Trinajstić information content (AvgIpc) is 1.15. The Morgan fingerprint density at radius 1 is 0.320 bits per heavy atom. The normalized spacial score (nSPS) is 11.6. The van der Waals surface area contributed by atoms with Crippen LogP contribution >= 0.6 is 0 Å². The number of ketones is 2. The Labute approximate surface area is 712 Å². The molecule has 1 unspecified atom stereocenters. The zero-order valence-corrected chi connectivity index (χ0v) is 63.6. The first-order chi connectivity index (χ1) is 57.5. The van der Waals surface area contributed by atoms with Crippen molar-refractivity contribution in [3.05, 3.63) is 508 Å². The number of carbonyl (C=O) groups is 2. The first-order valence-corrected chi connectivity index (χ1v) is 37.7. The zero-order chi connectivity index (χ0) is 80.8. The second-order valence-corrected chi connectivity index (χ2v) is 26.4. The molecular formula is C110H98O12. The van der Waals surface area contributed by atoms with Crippen LogP contribution in [0.2, 0.25) is 0 Å². The summed E-state index contributed by atoms with van der Waals surface area (Å²) in [6.07, 6.45) is 12.6. The second-order valence-electron chi connectivity index (χ2n) is 26.4. The van der Waals surface area contributed by atoms with Gasteiger partial charge in [0, 0.05) is 51.4 Å². The number of benzene rings is 14. The highest BCUT2D eigenvalue weighted by Crippen LogP contribution is 2.36. The van der Waals surface area contributed by atoms with E-state index in [4.69, 9.17) is 31.9 Å². The van der Waals surface area contributed by atoms with Gasteiger partial charge in [-0.2, -0.15) is 0 Å². The summed E-state index contributed by atoms with van der Waals surface area (Å²) in [5.41, 5.74) is 10.5. The third kappa shape index (κ3) is 25.1. The van der Waals surface area contributed by atoms with Crippen molar-refractivity contribution in [2.75, 3.05) is 0 Å². The summed E-state index contributed by atoms with van der Waals surface area (Å²) in [5, 5.41) is 5.58. The van der Waals surface area contributed by atoms with Gasteiger partial charge in [0.05, 0.1) is 46.2 Å². The Hall–Kier alpha value is -15.8. The van der Waals surface area contributed by atoms with Crippen molar-refractivity contribution in [2.24, 2.45) is 0 Å². The molecular weight excluding hydrogens is 1510 g/mol. The number of para-hydroxylation sites is 5. The van der Waals surface area contributed by atoms with Crippen molar-refractivity contribution in [3.8, 4) is 39.7 Å². The molecule has 14 aromatic carbocycles. The molecule has 0 aliphatic carbocycles. The van der Waals surface area contributed by atoms with Crippen LogP contribution in [0.3, 0.4) is 0 Å². The van der Waals surface area contributed by atoms with Crippen LogP contribution in [0, 0.1) is 0 Å². The number of hydrogen-bond acceptors (Lipinski definition) is 12. The van der Waals surface area contributed by atoms with Crippen LogP contribution in [-0.2, 0) is 0 Å². The van der Waals surface area contributed by atoms with Crippen molar-refractivity contribution >= 4 is 78.4 Å². The highest BCUT2D eigenvalue weighted by atomic mass is 16.5. The number of ether oxygens (including phenoxy) is 3. The number of furan rings is 1. The topological polar surface area (TPSA) is 166 Å². The molecule has 3 aliphatic rings. The molecule has 0 radical (unpaired) electrons. The molecule has 610 valence electrons. The summed E-state index contributed by atoms with van der Waals surface area (Å²) in [7, 11) is 0. The van der Waals surface area contributed by atoms with Crippen molar-refractivity contribution < 1.29 is 41.5 Å². The summed E-state index contributed by atoms with van der Waals surface area (Å²) < 4.78 is 38.3. The summed E-state index contributed by atoms with van der Waals surface area (Å²) in [6.45, 7) is 7.45. The van der Waals surface area contributed by atoms with Gasteiger partial charge in [0.25, 0.3) is 0 Å². The van der Waals surface area contributed by atoms with E-state index >= 15 is 0 Å². The van der Waals surface area contributed by atoms with Crippen LogP contribution in [0.1, 0.15) is 92.6 Å². The lowest BCUT2D eigenvalue weighted by molar-refractivity contribution is 0.0849. The maximum absolute atomic E-state index is 12.3. The quantitative estimate of drug-likeness (QED) is 0.150. The van der Waals surface area contributed by atoms with Gasteiger partial charge in [-0.1, -0.05) is 354 Å². The molecule has 0 saturated heterocycles. The third-order valence-electron chi connectivity index (χ3n) is 18.3. The van der Waals surface area contributed by atoms with Crippen molar-refractivity contribution in [1.29, 1.82) is 0 Å². The first-order valence-electron chi connectivity index (χ1n) is 37.7. The Morgan fingerprint density at radius 3 is 1.32 bits per heavy atom. The SMILES string of the molecule is C.C.C.C.C.C=C1C=Cc2cc3ccoc3cc2O1.C=C1C=Cc2ccccc2O1.O=C(c1ccccc1)c1ccccc1.O=C1CC(c2ccccc2)Oc2ccccc21.O=c1c(-c2ccccc2)coc2ccccc12.O=c1cc(-c2ccccc2)oc2ccccc12.O=c1ccoc2ccccc12.c1ccc2ccccc2c1.c1ccccc1. The van der Waals surface area contributed by atoms with Gasteiger partial charge in [0.15, 0.2) is 27.9 Å².